The molecule has 0 aliphatic carbocycles. The topological polar surface area (TPSA) is 446 Å². The second-order valence-electron chi connectivity index (χ2n) is 25.1. The van der Waals surface area contributed by atoms with Crippen LogP contribution in [0.1, 0.15) is 90.4 Å². The molecule has 0 amide bonds. The fourth-order valence-corrected chi connectivity index (χ4v) is 11.8. The number of methoxy groups -OCH3 is 1. The lowest BCUT2D eigenvalue weighted by atomic mass is 9.94. The minimum absolute atomic E-state index is 0.180. The molecule has 8 aromatic rings. The highest BCUT2D eigenvalue weighted by Crippen LogP contribution is 2.35. The molecule has 8 rings (SSSR count). The molecule has 0 aliphatic rings. The van der Waals surface area contributed by atoms with Gasteiger partial charge in [-0.3, -0.25) is 0 Å². The van der Waals surface area contributed by atoms with Crippen LogP contribution in [0.4, 0.5) is 0 Å². The molecule has 32 nitrogen and oxygen atoms in total. The number of benzene rings is 8. The van der Waals surface area contributed by atoms with Crippen molar-refractivity contribution >= 4 is 47.8 Å². The zero-order valence-electron chi connectivity index (χ0n) is 61.5. The van der Waals surface area contributed by atoms with Crippen molar-refractivity contribution < 1.29 is 155 Å². The van der Waals surface area contributed by atoms with Crippen LogP contribution in [-0.4, -0.2) is 196 Å². The SMILES string of the molecule is CCc1cc(OCC(=O)O)cc(Cc2cc(Cc3cc(Cc4cc(Cc5cc(Cc6cc(Cc7cc(Cc8cccc(OCOCC(=O)O)c8)cc(OCOCC(=O)O)c7)cc(OCOCC(=O)O)c6)cc(OCOCC(=O)O)c5)cc(OCOCC(=O)O)c4)cc(OCOCC(=O)O)c3)cc(OCOCC(=O)O)c2)c1OC. The van der Waals surface area contributed by atoms with Crippen LogP contribution in [-0.2, 0) is 123 Å². The summed E-state index contributed by atoms with van der Waals surface area (Å²) < 4.78 is 89.8. The predicted molar refractivity (Wildman–Crippen MR) is 394 cm³/mol. The summed E-state index contributed by atoms with van der Waals surface area (Å²) >= 11 is 0. The van der Waals surface area contributed by atoms with Crippen molar-refractivity contribution in [2.45, 2.75) is 58.3 Å². The maximum Gasteiger partial charge on any atom is 0.341 e. The molecule has 0 heterocycles. The van der Waals surface area contributed by atoms with E-state index in [-0.39, 0.29) is 62.6 Å². The summed E-state index contributed by atoms with van der Waals surface area (Å²) in [5.74, 6) is -6.58. The van der Waals surface area contributed by atoms with Gasteiger partial charge in [0.25, 0.3) is 0 Å². The summed E-state index contributed by atoms with van der Waals surface area (Å²) in [4.78, 5) is 91.2. The molecule has 8 N–H and O–H groups in total. The Morgan fingerprint density at radius 3 is 0.690 bits per heavy atom. The Bertz CT molecular complexity index is 4570. The van der Waals surface area contributed by atoms with Crippen molar-refractivity contribution in [1.29, 1.82) is 0 Å². The smallest absolute Gasteiger partial charge is 0.341 e. The summed E-state index contributed by atoms with van der Waals surface area (Å²) in [7, 11) is 1.52. The highest BCUT2D eigenvalue weighted by molar-refractivity contribution is 5.70. The van der Waals surface area contributed by atoms with Crippen LogP contribution in [0.5, 0.6) is 51.7 Å². The van der Waals surface area contributed by atoms with Gasteiger partial charge in [-0.1, -0.05) is 55.5 Å². The van der Waals surface area contributed by atoms with Crippen LogP contribution in [0.3, 0.4) is 0 Å². The number of carbonyl (C=O) groups is 8. The van der Waals surface area contributed by atoms with Gasteiger partial charge in [0.15, 0.2) is 54.2 Å². The Labute approximate surface area is 646 Å². The molecule has 113 heavy (non-hydrogen) atoms. The monoisotopic (exact) mass is 1570 g/mol. The normalized spacial score (nSPS) is 11.0. The molecule has 600 valence electrons. The quantitative estimate of drug-likeness (QED) is 0.0130. The molecule has 0 aromatic heterocycles. The van der Waals surface area contributed by atoms with Crippen LogP contribution in [0.25, 0.3) is 0 Å². The Balaban J connectivity index is 1.15. The van der Waals surface area contributed by atoms with E-state index in [0.717, 1.165) is 22.3 Å². The van der Waals surface area contributed by atoms with E-state index in [9.17, 15) is 74.1 Å². The summed E-state index contributed by atoms with van der Waals surface area (Å²) in [6, 6.07) is 42.9. The fourth-order valence-electron chi connectivity index (χ4n) is 11.8. The van der Waals surface area contributed by atoms with Crippen molar-refractivity contribution in [3.8, 4) is 51.7 Å². The third-order valence-corrected chi connectivity index (χ3v) is 15.8. The second-order valence-corrected chi connectivity index (χ2v) is 25.1. The standard InChI is InChI=1S/C81H84O32/c1-3-63-33-72(106-42-80(96)97)34-64(81(63)98-2)19-62-18-61(31-71(32-62)113-49-105-41-79(94)95)17-60-16-59(29-70(30-60)112-48-104-40-78(92)93)15-58-14-57(27-69(28-58)111-47-103-39-77(90)91)13-56-12-55(25-68(26-56)110-46-102-38-76(88)89)11-54-10-53(23-67(24-54)109-45-101-37-75(86)87)9-52-8-51(21-66(22-52)108-44-100-36-74(84)85)7-50-5-4-6-65(20-50)107-43-99-35-73(82)83/h4-6,8,10,12,14,16,18,20-34H,3,7,9,11,13,15,17,19,35-49H2,1-2H3,(H,82,83)(H,84,85)(H,86,87)(H,88,89)(H,90,91)(H,92,93)(H,94,95)(H,96,97). The molecular weight excluding hydrogens is 1480 g/mol. The molecule has 0 spiro atoms. The van der Waals surface area contributed by atoms with Gasteiger partial charge in [-0.15, -0.1) is 0 Å². The average molecular weight is 1570 g/mol. The highest BCUT2D eigenvalue weighted by atomic mass is 16.7. The second kappa shape index (κ2) is 44.9. The Kier molecular flexibility index (Phi) is 34.2. The lowest BCUT2D eigenvalue weighted by Crippen LogP contribution is -2.12. The van der Waals surface area contributed by atoms with Crippen LogP contribution < -0.4 is 42.6 Å². The van der Waals surface area contributed by atoms with Gasteiger partial charge in [-0.05, 0) is 220 Å². The highest BCUT2D eigenvalue weighted by Gasteiger charge is 2.19. The Morgan fingerprint density at radius 2 is 0.451 bits per heavy atom. The van der Waals surface area contributed by atoms with E-state index in [1.54, 1.807) is 103 Å². The van der Waals surface area contributed by atoms with Gasteiger partial charge >= 0.3 is 47.8 Å². The van der Waals surface area contributed by atoms with Gasteiger partial charge in [0.2, 0.25) is 0 Å². The summed E-state index contributed by atoms with van der Waals surface area (Å²) in [5.41, 5.74) is 10.5. The molecule has 0 saturated heterocycles. The number of ether oxygens (including phenoxy) is 16. The Morgan fingerprint density at radius 1 is 0.239 bits per heavy atom. The molecule has 0 unspecified atom stereocenters. The van der Waals surface area contributed by atoms with E-state index < -0.39 is 141 Å². The zero-order chi connectivity index (χ0) is 81.0. The van der Waals surface area contributed by atoms with Gasteiger partial charge < -0.3 is 117 Å². The van der Waals surface area contributed by atoms with E-state index in [1.807, 2.05) is 49.4 Å². The first-order valence-electron chi connectivity index (χ1n) is 34.7. The van der Waals surface area contributed by atoms with E-state index >= 15 is 0 Å². The van der Waals surface area contributed by atoms with E-state index in [2.05, 4.69) is 0 Å². The zero-order valence-corrected chi connectivity index (χ0v) is 61.5. The van der Waals surface area contributed by atoms with Crippen molar-refractivity contribution in [2.75, 3.05) is 108 Å². The molecule has 0 bridgehead atoms. The van der Waals surface area contributed by atoms with Gasteiger partial charge in [0.05, 0.1) is 7.11 Å². The van der Waals surface area contributed by atoms with Crippen LogP contribution >= 0.6 is 0 Å². The number of aryl methyl sites for hydroxylation is 1. The Hall–Kier alpha value is -12.6. The minimum atomic E-state index is -1.23. The number of hydrogen-bond acceptors (Lipinski definition) is 24. The number of aliphatic carboxylic acids is 8. The maximum absolute atomic E-state index is 11.5. The molecule has 0 radical (unpaired) electrons. The van der Waals surface area contributed by atoms with E-state index in [4.69, 9.17) is 80.9 Å². The molecular formula is C81H84O32. The van der Waals surface area contributed by atoms with Crippen molar-refractivity contribution in [1.82, 2.24) is 0 Å². The largest absolute Gasteiger partial charge is 0.496 e. The lowest BCUT2D eigenvalue weighted by molar-refractivity contribution is -0.145. The first-order valence-corrected chi connectivity index (χ1v) is 34.7. The molecule has 8 aromatic carbocycles. The summed E-state index contributed by atoms with van der Waals surface area (Å²) in [6.45, 7) is -6.05. The molecule has 0 aliphatic heterocycles. The van der Waals surface area contributed by atoms with Crippen LogP contribution in [0.2, 0.25) is 0 Å². The van der Waals surface area contributed by atoms with Gasteiger partial charge in [-0.2, -0.15) is 0 Å². The van der Waals surface area contributed by atoms with Crippen LogP contribution in [0.15, 0.2) is 146 Å². The third-order valence-electron chi connectivity index (χ3n) is 15.8. The summed E-state index contributed by atoms with van der Waals surface area (Å²) in [5, 5.41) is 74.5. The van der Waals surface area contributed by atoms with E-state index in [0.29, 0.717) is 109 Å². The first kappa shape index (κ1) is 86.0. The molecule has 0 atom stereocenters. The van der Waals surface area contributed by atoms with Crippen molar-refractivity contribution in [3.05, 3.63) is 229 Å². The maximum atomic E-state index is 11.5. The number of carboxylic acid groups (broad SMARTS) is 8. The van der Waals surface area contributed by atoms with Gasteiger partial charge in [0, 0.05) is 12.0 Å². The van der Waals surface area contributed by atoms with Gasteiger partial charge in [0.1, 0.15) is 98.0 Å². The number of carboxylic acids is 8. The number of rotatable bonds is 54. The van der Waals surface area contributed by atoms with E-state index in [1.165, 1.54) is 7.11 Å². The third kappa shape index (κ3) is 32.1. The van der Waals surface area contributed by atoms with Crippen LogP contribution in [0, 0.1) is 0 Å². The predicted octanol–water partition coefficient (Wildman–Crippen LogP) is 8.92. The average Bonchev–Trinajstić information content (AvgIpc) is 0.811. The first-order chi connectivity index (χ1) is 54.3. The summed E-state index contributed by atoms with van der Waals surface area (Å²) in [6.07, 6.45) is 2.09. The van der Waals surface area contributed by atoms with Gasteiger partial charge in [-0.25, -0.2) is 38.4 Å². The molecule has 0 saturated carbocycles. The van der Waals surface area contributed by atoms with Crippen molar-refractivity contribution in [3.63, 3.8) is 0 Å². The molecule has 0 fully saturated rings. The molecule has 32 heteroatoms. The minimum Gasteiger partial charge on any atom is -0.496 e. The lowest BCUT2D eigenvalue weighted by Gasteiger charge is -2.17. The van der Waals surface area contributed by atoms with Crippen molar-refractivity contribution in [2.24, 2.45) is 0 Å². The fraction of sp³-hybridized carbons (Fsp3) is 0.309. The number of hydrogen-bond donors (Lipinski definition) is 8.